The first-order valence-electron chi connectivity index (χ1n) is 15.5. The van der Waals surface area contributed by atoms with E-state index in [1.165, 1.54) is 4.31 Å². The summed E-state index contributed by atoms with van der Waals surface area (Å²) >= 11 is 0. The molecule has 10 nitrogen and oxygen atoms in total. The number of piperazine rings is 1. The third kappa shape index (κ3) is 5.01. The lowest BCUT2D eigenvalue weighted by Crippen LogP contribution is -2.58. The van der Waals surface area contributed by atoms with Gasteiger partial charge in [-0.2, -0.15) is 5.26 Å². The molecule has 11 heteroatoms. The Morgan fingerprint density at radius 1 is 0.894 bits per heavy atom. The molecule has 1 atom stereocenters. The second-order valence-electron chi connectivity index (χ2n) is 11.5. The highest BCUT2D eigenvalue weighted by Crippen LogP contribution is 2.52. The summed E-state index contributed by atoms with van der Waals surface area (Å²) < 4.78 is 43.1. The monoisotopic (exact) mass is 646 g/mol. The van der Waals surface area contributed by atoms with E-state index in [0.29, 0.717) is 53.3 Å². The van der Waals surface area contributed by atoms with Crippen LogP contribution in [0.2, 0.25) is 0 Å². The van der Waals surface area contributed by atoms with Gasteiger partial charge in [-0.05, 0) is 67.6 Å². The van der Waals surface area contributed by atoms with E-state index in [1.807, 2.05) is 55.5 Å². The summed E-state index contributed by atoms with van der Waals surface area (Å²) in [5.41, 5.74) is 3.04. The number of para-hydroxylation sites is 1. The van der Waals surface area contributed by atoms with Gasteiger partial charge in [-0.15, -0.1) is 0 Å². The number of anilines is 2. The molecule has 5 aromatic rings. The number of benzene rings is 3. The smallest absolute Gasteiger partial charge is 0.266 e. The first kappa shape index (κ1) is 30.5. The Morgan fingerprint density at radius 2 is 1.68 bits per heavy atom. The van der Waals surface area contributed by atoms with Gasteiger partial charge in [0.1, 0.15) is 16.4 Å². The molecule has 3 aromatic carbocycles. The number of nitrogens with zero attached hydrogens (tertiary/aromatic N) is 6. The molecule has 1 fully saturated rings. The van der Waals surface area contributed by atoms with Crippen molar-refractivity contribution in [1.82, 2.24) is 14.9 Å². The van der Waals surface area contributed by atoms with E-state index < -0.39 is 15.6 Å². The van der Waals surface area contributed by atoms with Crippen molar-refractivity contribution < 1.29 is 17.9 Å². The normalized spacial score (nSPS) is 18.1. The maximum Gasteiger partial charge on any atom is 0.266 e. The lowest BCUT2D eigenvalue weighted by atomic mass is 9.81. The van der Waals surface area contributed by atoms with E-state index in [0.717, 1.165) is 29.9 Å². The molecular formula is C36H34N6O4S. The summed E-state index contributed by atoms with van der Waals surface area (Å²) in [5.74, 6) is 1.22. The van der Waals surface area contributed by atoms with Gasteiger partial charge >= 0.3 is 0 Å². The first-order chi connectivity index (χ1) is 22.9. The Balaban J connectivity index is 1.42. The third-order valence-corrected chi connectivity index (χ3v) is 11.0. The zero-order chi connectivity index (χ0) is 32.6. The van der Waals surface area contributed by atoms with E-state index in [4.69, 9.17) is 9.47 Å². The number of pyridine rings is 2. The molecule has 4 heterocycles. The van der Waals surface area contributed by atoms with Crippen molar-refractivity contribution in [3.63, 3.8) is 0 Å². The van der Waals surface area contributed by atoms with Crippen LogP contribution in [0.25, 0.3) is 10.9 Å². The van der Waals surface area contributed by atoms with Crippen LogP contribution in [0.4, 0.5) is 11.4 Å². The van der Waals surface area contributed by atoms with Gasteiger partial charge in [-0.25, -0.2) is 8.42 Å². The predicted octanol–water partition coefficient (Wildman–Crippen LogP) is 5.18. The highest BCUT2D eigenvalue weighted by Gasteiger charge is 2.53. The van der Waals surface area contributed by atoms with Crippen molar-refractivity contribution in [2.24, 2.45) is 0 Å². The third-order valence-electron chi connectivity index (χ3n) is 9.17. The van der Waals surface area contributed by atoms with Crippen LogP contribution in [0.1, 0.15) is 23.6 Å². The predicted molar refractivity (Wildman–Crippen MR) is 180 cm³/mol. The number of hydrogen-bond acceptors (Lipinski definition) is 9. The van der Waals surface area contributed by atoms with Crippen LogP contribution in [0.15, 0.2) is 102 Å². The molecule has 0 N–H and O–H groups in total. The second-order valence-corrected chi connectivity index (χ2v) is 13.3. The highest BCUT2D eigenvalue weighted by molar-refractivity contribution is 7.93. The van der Waals surface area contributed by atoms with E-state index in [2.05, 4.69) is 25.8 Å². The number of nitriles is 1. The Morgan fingerprint density at radius 3 is 2.43 bits per heavy atom. The van der Waals surface area contributed by atoms with Gasteiger partial charge in [0.25, 0.3) is 10.0 Å². The van der Waals surface area contributed by atoms with Crippen LogP contribution < -0.4 is 18.7 Å². The van der Waals surface area contributed by atoms with Crippen molar-refractivity contribution in [3.8, 4) is 17.6 Å². The number of ether oxygens (including phenoxy) is 2. The Bertz CT molecular complexity index is 2090. The van der Waals surface area contributed by atoms with Crippen molar-refractivity contribution in [2.75, 3.05) is 55.6 Å². The fourth-order valence-corrected chi connectivity index (χ4v) is 8.69. The number of methoxy groups -OCH3 is 1. The molecule has 2 aliphatic heterocycles. The summed E-state index contributed by atoms with van der Waals surface area (Å²) in [6, 6.07) is 26.2. The van der Waals surface area contributed by atoms with Crippen LogP contribution in [-0.4, -0.2) is 69.7 Å². The van der Waals surface area contributed by atoms with Crippen molar-refractivity contribution in [1.29, 1.82) is 5.26 Å². The Hall–Kier alpha value is -5.18. The summed E-state index contributed by atoms with van der Waals surface area (Å²) in [6.07, 6.45) is 5.17. The average molecular weight is 647 g/mol. The minimum atomic E-state index is -4.17. The molecule has 0 saturated carbocycles. The zero-order valence-corrected chi connectivity index (χ0v) is 27.0. The van der Waals surface area contributed by atoms with Gasteiger partial charge in [0.2, 0.25) is 0 Å². The molecular weight excluding hydrogens is 613 g/mol. The maximum absolute atomic E-state index is 14.9. The van der Waals surface area contributed by atoms with E-state index in [-0.39, 0.29) is 11.4 Å². The molecule has 2 aromatic heterocycles. The first-order valence-corrected chi connectivity index (χ1v) is 17.0. The molecule has 0 amide bonds. The van der Waals surface area contributed by atoms with Crippen LogP contribution in [0.3, 0.4) is 0 Å². The summed E-state index contributed by atoms with van der Waals surface area (Å²) in [6.45, 7) is 5.18. The van der Waals surface area contributed by atoms with Crippen molar-refractivity contribution >= 4 is 32.3 Å². The van der Waals surface area contributed by atoms with Crippen LogP contribution in [0.5, 0.6) is 11.5 Å². The molecule has 47 heavy (non-hydrogen) atoms. The summed E-state index contributed by atoms with van der Waals surface area (Å²) in [7, 11) is -2.62. The molecule has 0 spiro atoms. The quantitative estimate of drug-likeness (QED) is 0.225. The highest BCUT2D eigenvalue weighted by atomic mass is 32.2. The lowest BCUT2D eigenvalue weighted by Gasteiger charge is -2.47. The number of sulfonamides is 1. The van der Waals surface area contributed by atoms with E-state index in [9.17, 15) is 13.7 Å². The molecule has 0 radical (unpaired) electrons. The summed E-state index contributed by atoms with van der Waals surface area (Å²) in [5, 5.41) is 10.6. The van der Waals surface area contributed by atoms with E-state index in [1.54, 1.807) is 56.0 Å². The molecule has 1 saturated heterocycles. The van der Waals surface area contributed by atoms with Gasteiger partial charge in [0, 0.05) is 67.0 Å². The van der Waals surface area contributed by atoms with Crippen molar-refractivity contribution in [2.45, 2.75) is 17.4 Å². The topological polar surface area (TPSA) is 112 Å². The van der Waals surface area contributed by atoms with Crippen molar-refractivity contribution in [3.05, 3.63) is 114 Å². The SMILES string of the molecule is CCOc1ccccc1C1(N2CCN(c3ccncc3)CC2)CN(S(=O)(=O)c2ccc(OC)c3cccnc23)c2ccc(C#N)cc21. The van der Waals surface area contributed by atoms with Crippen LogP contribution >= 0.6 is 0 Å². The minimum absolute atomic E-state index is 0.0826. The van der Waals surface area contributed by atoms with Gasteiger partial charge in [0.05, 0.1) is 48.6 Å². The molecule has 2 aliphatic rings. The maximum atomic E-state index is 14.9. The fraction of sp³-hybridized carbons (Fsp3) is 0.250. The minimum Gasteiger partial charge on any atom is -0.496 e. The Kier molecular flexibility index (Phi) is 7.91. The zero-order valence-electron chi connectivity index (χ0n) is 26.2. The van der Waals surface area contributed by atoms with Gasteiger partial charge in [0.15, 0.2) is 0 Å². The molecule has 1 unspecified atom stereocenters. The standard InChI is InChI=1S/C36H34N6O4S/c1-3-46-33-9-5-4-8-29(33)36(41-21-19-40(20-22-41)27-14-17-38-18-15-27)25-42(31-11-10-26(24-37)23-30(31)36)47(43,44)34-13-12-32(45-2)28-7-6-16-39-35(28)34/h4-18,23H,3,19-22,25H2,1-2H3. The molecule has 238 valence electrons. The Labute approximate surface area is 274 Å². The number of fused-ring (bicyclic) bond motifs is 2. The molecule has 0 aliphatic carbocycles. The number of hydrogen-bond donors (Lipinski definition) is 0. The van der Waals surface area contributed by atoms with Crippen LogP contribution in [-0.2, 0) is 15.6 Å². The lowest BCUT2D eigenvalue weighted by molar-refractivity contribution is 0.124. The van der Waals surface area contributed by atoms with E-state index >= 15 is 0 Å². The number of aromatic nitrogens is 2. The van der Waals surface area contributed by atoms with Gasteiger partial charge in [-0.3, -0.25) is 19.2 Å². The summed E-state index contributed by atoms with van der Waals surface area (Å²) in [4.78, 5) is 13.4. The average Bonchev–Trinajstić information content (AvgIpc) is 3.48. The largest absolute Gasteiger partial charge is 0.496 e. The van der Waals surface area contributed by atoms with Crippen LogP contribution in [0, 0.1) is 11.3 Å². The van der Waals surface area contributed by atoms with Gasteiger partial charge in [-0.1, -0.05) is 18.2 Å². The molecule has 0 bridgehead atoms. The molecule has 7 rings (SSSR count). The number of rotatable bonds is 8. The second kappa shape index (κ2) is 12.2. The van der Waals surface area contributed by atoms with Gasteiger partial charge < -0.3 is 14.4 Å². The fourth-order valence-electron chi connectivity index (χ4n) is 7.03.